The lowest BCUT2D eigenvalue weighted by atomic mass is 10.1. The Morgan fingerprint density at radius 1 is 1.24 bits per heavy atom. The zero-order valence-corrected chi connectivity index (χ0v) is 14.5. The molecular formula is C18H18ClN5O. The Kier molecular flexibility index (Phi) is 5.40. The van der Waals surface area contributed by atoms with Gasteiger partial charge in [-0.3, -0.25) is 4.79 Å². The molecule has 25 heavy (non-hydrogen) atoms. The zero-order valence-electron chi connectivity index (χ0n) is 13.8. The summed E-state index contributed by atoms with van der Waals surface area (Å²) in [4.78, 5) is 12.7. The van der Waals surface area contributed by atoms with Crippen molar-refractivity contribution in [3.8, 4) is 5.69 Å². The minimum atomic E-state index is -0.178. The third kappa shape index (κ3) is 4.42. The summed E-state index contributed by atoms with van der Waals surface area (Å²) in [6, 6.07) is 15.3. The quantitative estimate of drug-likeness (QED) is 0.737. The Hall–Kier alpha value is -2.73. The van der Waals surface area contributed by atoms with E-state index in [1.807, 2.05) is 25.1 Å². The molecule has 3 aromatic rings. The highest BCUT2D eigenvalue weighted by Gasteiger charge is 2.16. The summed E-state index contributed by atoms with van der Waals surface area (Å²) in [6.45, 7) is 1.99. The summed E-state index contributed by atoms with van der Waals surface area (Å²) in [5.41, 5.74) is 2.28. The second-order valence-electron chi connectivity index (χ2n) is 5.81. The van der Waals surface area contributed by atoms with E-state index in [1.165, 1.54) is 16.6 Å². The van der Waals surface area contributed by atoms with Crippen LogP contribution in [0.5, 0.6) is 0 Å². The summed E-state index contributed by atoms with van der Waals surface area (Å²) < 4.78 is 1.43. The first-order valence-electron chi connectivity index (χ1n) is 8.01. The Morgan fingerprint density at radius 3 is 2.76 bits per heavy atom. The van der Waals surface area contributed by atoms with E-state index in [2.05, 4.69) is 33.0 Å². The molecule has 0 radical (unpaired) electrons. The molecule has 0 spiro atoms. The number of nitrogens with zero attached hydrogens (tertiary/aromatic N) is 4. The van der Waals surface area contributed by atoms with Gasteiger partial charge >= 0.3 is 0 Å². The van der Waals surface area contributed by atoms with Crippen LogP contribution in [0.1, 0.15) is 29.3 Å². The molecule has 0 saturated heterocycles. The van der Waals surface area contributed by atoms with Gasteiger partial charge < -0.3 is 5.32 Å². The lowest BCUT2D eigenvalue weighted by Crippen LogP contribution is -2.33. The number of hydrogen-bond acceptors (Lipinski definition) is 4. The molecule has 0 bridgehead atoms. The maximum atomic E-state index is 12.7. The second kappa shape index (κ2) is 7.90. The van der Waals surface area contributed by atoms with Gasteiger partial charge in [0.05, 0.1) is 11.3 Å². The highest BCUT2D eigenvalue weighted by molar-refractivity contribution is 6.31. The van der Waals surface area contributed by atoms with Gasteiger partial charge in [-0.05, 0) is 54.0 Å². The largest absolute Gasteiger partial charge is 0.350 e. The maximum absolute atomic E-state index is 12.7. The van der Waals surface area contributed by atoms with Crippen molar-refractivity contribution in [3.63, 3.8) is 0 Å². The molecule has 1 N–H and O–H groups in total. The zero-order chi connectivity index (χ0) is 17.6. The van der Waals surface area contributed by atoms with Crippen molar-refractivity contribution in [2.75, 3.05) is 0 Å². The standard InChI is InChI=1S/C18H18ClN5O/c1-13(7-8-14-5-3-2-4-6-14)21-18(25)16-10-9-15(19)11-17(16)24-12-20-22-23-24/h2-6,9-13H,7-8H2,1H3,(H,21,25)/t13-/m1/s1. The van der Waals surface area contributed by atoms with Crippen LogP contribution >= 0.6 is 11.6 Å². The van der Waals surface area contributed by atoms with E-state index < -0.39 is 0 Å². The van der Waals surface area contributed by atoms with Crippen molar-refractivity contribution in [1.82, 2.24) is 25.5 Å². The summed E-state index contributed by atoms with van der Waals surface area (Å²) in [7, 11) is 0. The predicted molar refractivity (Wildman–Crippen MR) is 95.9 cm³/mol. The minimum Gasteiger partial charge on any atom is -0.350 e. The third-order valence-electron chi connectivity index (χ3n) is 3.89. The van der Waals surface area contributed by atoms with Crippen molar-refractivity contribution in [1.29, 1.82) is 0 Å². The molecule has 3 rings (SSSR count). The average Bonchev–Trinajstić information content (AvgIpc) is 3.15. The number of aromatic nitrogens is 4. The van der Waals surface area contributed by atoms with Crippen LogP contribution in [0.15, 0.2) is 54.9 Å². The Labute approximate surface area is 150 Å². The third-order valence-corrected chi connectivity index (χ3v) is 4.12. The summed E-state index contributed by atoms with van der Waals surface area (Å²) in [5.74, 6) is -0.178. The van der Waals surface area contributed by atoms with Gasteiger partial charge in [0.15, 0.2) is 0 Å². The smallest absolute Gasteiger partial charge is 0.253 e. The SMILES string of the molecule is C[C@H](CCc1ccccc1)NC(=O)c1ccc(Cl)cc1-n1cnnn1. The number of amides is 1. The Bertz CT molecular complexity index is 836. The monoisotopic (exact) mass is 355 g/mol. The van der Waals surface area contributed by atoms with E-state index >= 15 is 0 Å². The number of tetrazole rings is 1. The van der Waals surface area contributed by atoms with Crippen LogP contribution in [0.3, 0.4) is 0 Å². The lowest BCUT2D eigenvalue weighted by Gasteiger charge is -2.15. The summed E-state index contributed by atoms with van der Waals surface area (Å²) >= 11 is 6.05. The molecule has 7 heteroatoms. The van der Waals surface area contributed by atoms with Crippen molar-refractivity contribution in [2.45, 2.75) is 25.8 Å². The number of carbonyl (C=O) groups is 1. The molecular weight excluding hydrogens is 338 g/mol. The fraction of sp³-hybridized carbons (Fsp3) is 0.222. The molecule has 1 aromatic heterocycles. The molecule has 0 saturated carbocycles. The highest BCUT2D eigenvalue weighted by Crippen LogP contribution is 2.19. The number of nitrogens with one attached hydrogen (secondary N) is 1. The fourth-order valence-electron chi connectivity index (χ4n) is 2.56. The number of carbonyl (C=O) groups excluding carboxylic acids is 1. The summed E-state index contributed by atoms with van der Waals surface area (Å²) in [6.07, 6.45) is 3.19. The maximum Gasteiger partial charge on any atom is 0.253 e. The van der Waals surface area contributed by atoms with E-state index in [9.17, 15) is 4.79 Å². The molecule has 6 nitrogen and oxygen atoms in total. The van der Waals surface area contributed by atoms with Crippen LogP contribution in [0.2, 0.25) is 5.02 Å². The molecule has 1 heterocycles. The molecule has 1 atom stereocenters. The van der Waals surface area contributed by atoms with Gasteiger partial charge in [0.25, 0.3) is 5.91 Å². The van der Waals surface area contributed by atoms with Crippen molar-refractivity contribution in [2.24, 2.45) is 0 Å². The molecule has 0 fully saturated rings. The van der Waals surface area contributed by atoms with Crippen LogP contribution in [0.25, 0.3) is 5.69 Å². The summed E-state index contributed by atoms with van der Waals surface area (Å²) in [5, 5.41) is 14.6. The van der Waals surface area contributed by atoms with Crippen LogP contribution < -0.4 is 5.32 Å². The van der Waals surface area contributed by atoms with Crippen molar-refractivity contribution >= 4 is 17.5 Å². The number of benzene rings is 2. The number of aryl methyl sites for hydroxylation is 1. The molecule has 2 aromatic carbocycles. The number of hydrogen-bond donors (Lipinski definition) is 1. The first kappa shape index (κ1) is 17.1. The molecule has 0 aliphatic heterocycles. The van der Waals surface area contributed by atoms with Gasteiger partial charge in [0.2, 0.25) is 0 Å². The lowest BCUT2D eigenvalue weighted by molar-refractivity contribution is 0.0938. The molecule has 0 aliphatic rings. The van der Waals surface area contributed by atoms with Crippen LogP contribution in [0, 0.1) is 0 Å². The highest BCUT2D eigenvalue weighted by atomic mass is 35.5. The average molecular weight is 356 g/mol. The molecule has 0 aliphatic carbocycles. The van der Waals surface area contributed by atoms with E-state index in [0.29, 0.717) is 16.3 Å². The van der Waals surface area contributed by atoms with E-state index in [4.69, 9.17) is 11.6 Å². The minimum absolute atomic E-state index is 0.0325. The van der Waals surface area contributed by atoms with E-state index in [0.717, 1.165) is 12.8 Å². The topological polar surface area (TPSA) is 72.7 Å². The van der Waals surface area contributed by atoms with Gasteiger partial charge in [-0.2, -0.15) is 4.68 Å². The first-order valence-corrected chi connectivity index (χ1v) is 8.39. The van der Waals surface area contributed by atoms with Gasteiger partial charge in [0, 0.05) is 11.1 Å². The van der Waals surface area contributed by atoms with Gasteiger partial charge in [0.1, 0.15) is 6.33 Å². The van der Waals surface area contributed by atoms with Crippen LogP contribution in [0.4, 0.5) is 0 Å². The molecule has 1 amide bonds. The van der Waals surface area contributed by atoms with Crippen molar-refractivity contribution in [3.05, 3.63) is 71.0 Å². The molecule has 128 valence electrons. The number of rotatable bonds is 6. The van der Waals surface area contributed by atoms with Gasteiger partial charge in [-0.1, -0.05) is 41.9 Å². The van der Waals surface area contributed by atoms with Gasteiger partial charge in [-0.25, -0.2) is 0 Å². The Morgan fingerprint density at radius 2 is 2.04 bits per heavy atom. The van der Waals surface area contributed by atoms with Crippen molar-refractivity contribution < 1.29 is 4.79 Å². The second-order valence-corrected chi connectivity index (χ2v) is 6.25. The number of halogens is 1. The van der Waals surface area contributed by atoms with E-state index in [-0.39, 0.29) is 11.9 Å². The molecule has 0 unspecified atom stereocenters. The van der Waals surface area contributed by atoms with Crippen LogP contribution in [-0.4, -0.2) is 32.2 Å². The normalized spacial score (nSPS) is 11.9. The van der Waals surface area contributed by atoms with Gasteiger partial charge in [-0.15, -0.1) is 5.10 Å². The van der Waals surface area contributed by atoms with E-state index in [1.54, 1.807) is 18.2 Å². The fourth-order valence-corrected chi connectivity index (χ4v) is 2.73. The predicted octanol–water partition coefficient (Wildman–Crippen LogP) is 3.07. The Balaban J connectivity index is 1.69. The van der Waals surface area contributed by atoms with Crippen LogP contribution in [-0.2, 0) is 6.42 Å². The first-order chi connectivity index (χ1) is 12.1.